The smallest absolute Gasteiger partial charge is 0.410 e. The second-order valence-corrected chi connectivity index (χ2v) is 11.4. The molecule has 0 aromatic heterocycles. The zero-order valence-electron chi connectivity index (χ0n) is 22.6. The molecule has 2 heterocycles. The fraction of sp³-hybridized carbons (Fsp3) is 0.414. The summed E-state index contributed by atoms with van der Waals surface area (Å²) in [5.74, 6) is -0.709. The third-order valence-corrected chi connectivity index (χ3v) is 6.78. The van der Waals surface area contributed by atoms with Crippen molar-refractivity contribution >= 4 is 41.3 Å². The summed E-state index contributed by atoms with van der Waals surface area (Å²) in [5, 5.41) is 3.21. The summed E-state index contributed by atoms with van der Waals surface area (Å²) in [4.78, 5) is 43.8. The Morgan fingerprint density at radius 2 is 1.69 bits per heavy atom. The number of piperazine rings is 2. The molecule has 2 aromatic rings. The van der Waals surface area contributed by atoms with Gasteiger partial charge in [-0.2, -0.15) is 0 Å². The summed E-state index contributed by atoms with van der Waals surface area (Å²) in [6, 6.07) is 10.9. The number of hydrogen-bond acceptors (Lipinski definition) is 5. The molecule has 0 radical (unpaired) electrons. The van der Waals surface area contributed by atoms with E-state index in [9.17, 15) is 18.8 Å². The Morgan fingerprint density at radius 3 is 2.28 bits per heavy atom. The number of anilines is 1. The summed E-state index contributed by atoms with van der Waals surface area (Å²) in [7, 11) is 0. The number of benzene rings is 2. The second kappa shape index (κ2) is 11.8. The highest BCUT2D eigenvalue weighted by atomic mass is 35.5. The van der Waals surface area contributed by atoms with Crippen LogP contribution in [0.1, 0.15) is 38.8 Å². The van der Waals surface area contributed by atoms with Crippen molar-refractivity contribution in [3.8, 4) is 0 Å². The molecule has 1 N–H and O–H groups in total. The van der Waals surface area contributed by atoms with Crippen molar-refractivity contribution in [3.05, 3.63) is 70.5 Å². The number of amides is 3. The number of carbonyl (C=O) groups is 3. The highest BCUT2D eigenvalue weighted by molar-refractivity contribution is 6.31. The van der Waals surface area contributed by atoms with Crippen molar-refractivity contribution in [1.82, 2.24) is 14.7 Å². The van der Waals surface area contributed by atoms with Gasteiger partial charge in [-0.3, -0.25) is 14.5 Å². The number of halogens is 2. The normalized spacial score (nSPS) is 19.7. The van der Waals surface area contributed by atoms with Crippen LogP contribution in [0.15, 0.2) is 48.5 Å². The van der Waals surface area contributed by atoms with Gasteiger partial charge in [0.1, 0.15) is 11.4 Å². The lowest BCUT2D eigenvalue weighted by molar-refractivity contribution is -0.140. The standard InChI is InChI=1S/C29H34ClFN4O4/c1-19(36)32-26-13-22(30)9-7-21(26)8-12-27(37)35-24-15-33(14-20-5-10-23(31)11-6-20)16-25(35)18-34(17-24)28(38)39-29(2,3)4/h5-13,24-25H,14-18H2,1-4H3,(H,32,36). The van der Waals surface area contributed by atoms with Gasteiger partial charge in [0, 0.05) is 56.4 Å². The monoisotopic (exact) mass is 556 g/mol. The maximum Gasteiger partial charge on any atom is 0.410 e. The number of fused-ring (bicyclic) bond motifs is 2. The SMILES string of the molecule is CC(=O)Nc1cc(Cl)ccc1C=CC(=O)N1C2CN(Cc3ccc(F)cc3)CC1CN(C(=O)OC(C)(C)C)C2. The number of carbonyl (C=O) groups excluding carboxylic acids is 3. The quantitative estimate of drug-likeness (QED) is 0.536. The van der Waals surface area contributed by atoms with E-state index < -0.39 is 11.7 Å². The number of rotatable bonds is 5. The predicted molar refractivity (Wildman–Crippen MR) is 149 cm³/mol. The molecule has 10 heteroatoms. The van der Waals surface area contributed by atoms with Crippen LogP contribution in [0.2, 0.25) is 5.02 Å². The summed E-state index contributed by atoms with van der Waals surface area (Å²) in [5.41, 5.74) is 1.52. The van der Waals surface area contributed by atoms with Crippen molar-refractivity contribution in [2.75, 3.05) is 31.5 Å². The molecule has 0 spiro atoms. The fourth-order valence-electron chi connectivity index (χ4n) is 5.05. The molecule has 4 rings (SSSR count). The lowest BCUT2D eigenvalue weighted by atomic mass is 9.99. The van der Waals surface area contributed by atoms with Crippen molar-refractivity contribution in [2.45, 2.75) is 51.9 Å². The van der Waals surface area contributed by atoms with Crippen LogP contribution in [0.5, 0.6) is 0 Å². The molecular weight excluding hydrogens is 523 g/mol. The van der Waals surface area contributed by atoms with Crippen molar-refractivity contribution < 1.29 is 23.5 Å². The second-order valence-electron chi connectivity index (χ2n) is 11.0. The van der Waals surface area contributed by atoms with E-state index in [0.29, 0.717) is 49.0 Å². The molecule has 0 aliphatic carbocycles. The van der Waals surface area contributed by atoms with E-state index >= 15 is 0 Å². The first kappa shape index (κ1) is 28.6. The number of nitrogens with zero attached hydrogens (tertiary/aromatic N) is 3. The molecule has 2 atom stereocenters. The van der Waals surface area contributed by atoms with Gasteiger partial charge >= 0.3 is 6.09 Å². The van der Waals surface area contributed by atoms with Crippen LogP contribution in [0.3, 0.4) is 0 Å². The number of ether oxygens (including phenoxy) is 1. The Morgan fingerprint density at radius 1 is 1.05 bits per heavy atom. The molecule has 3 amide bonds. The Labute approximate surface area is 233 Å². The van der Waals surface area contributed by atoms with Gasteiger partial charge in [0.05, 0.1) is 12.1 Å². The molecule has 2 unspecified atom stereocenters. The van der Waals surface area contributed by atoms with Gasteiger partial charge in [-0.25, -0.2) is 9.18 Å². The van der Waals surface area contributed by atoms with Gasteiger partial charge in [-0.1, -0.05) is 29.8 Å². The molecule has 2 aromatic carbocycles. The molecular formula is C29H34ClFN4O4. The molecule has 2 aliphatic heterocycles. The van der Waals surface area contributed by atoms with E-state index in [4.69, 9.17) is 16.3 Å². The highest BCUT2D eigenvalue weighted by Gasteiger charge is 2.44. The zero-order valence-corrected chi connectivity index (χ0v) is 23.4. The third-order valence-electron chi connectivity index (χ3n) is 6.54. The van der Waals surface area contributed by atoms with Gasteiger partial charge in [-0.05, 0) is 62.2 Å². The topological polar surface area (TPSA) is 82.2 Å². The van der Waals surface area contributed by atoms with Crippen molar-refractivity contribution in [1.29, 1.82) is 0 Å². The van der Waals surface area contributed by atoms with Crippen LogP contribution in [0.4, 0.5) is 14.9 Å². The first-order valence-electron chi connectivity index (χ1n) is 12.9. The van der Waals surface area contributed by atoms with E-state index in [2.05, 4.69) is 10.2 Å². The third kappa shape index (κ3) is 7.58. The van der Waals surface area contributed by atoms with Gasteiger partial charge in [0.2, 0.25) is 11.8 Å². The van der Waals surface area contributed by atoms with E-state index in [1.54, 1.807) is 41.3 Å². The van der Waals surface area contributed by atoms with Crippen LogP contribution in [-0.4, -0.2) is 76.5 Å². The average Bonchev–Trinajstić information content (AvgIpc) is 2.82. The molecule has 208 valence electrons. The summed E-state index contributed by atoms with van der Waals surface area (Å²) in [6.45, 7) is 9.26. The number of hydrogen-bond donors (Lipinski definition) is 1. The predicted octanol–water partition coefficient (Wildman–Crippen LogP) is 4.78. The van der Waals surface area contributed by atoms with Gasteiger partial charge in [0.15, 0.2) is 0 Å². The Bertz CT molecular complexity index is 1240. The van der Waals surface area contributed by atoms with Crippen molar-refractivity contribution in [3.63, 3.8) is 0 Å². The van der Waals surface area contributed by atoms with E-state index in [1.165, 1.54) is 25.1 Å². The molecule has 2 fully saturated rings. The first-order valence-corrected chi connectivity index (χ1v) is 13.3. The van der Waals surface area contributed by atoms with Crippen molar-refractivity contribution in [2.24, 2.45) is 0 Å². The molecule has 0 saturated carbocycles. The first-order chi connectivity index (χ1) is 18.4. The van der Waals surface area contributed by atoms with E-state index in [0.717, 1.165) is 5.56 Å². The fourth-order valence-corrected chi connectivity index (χ4v) is 5.22. The van der Waals surface area contributed by atoms with Crippen LogP contribution < -0.4 is 5.32 Å². The minimum atomic E-state index is -0.624. The molecule has 2 bridgehead atoms. The Balaban J connectivity index is 1.54. The Hall–Kier alpha value is -3.43. The molecule has 2 saturated heterocycles. The van der Waals surface area contributed by atoms with Gasteiger partial charge in [0.25, 0.3) is 0 Å². The Kier molecular flexibility index (Phi) is 8.61. The molecule has 2 aliphatic rings. The molecule has 8 nitrogen and oxygen atoms in total. The highest BCUT2D eigenvalue weighted by Crippen LogP contribution is 2.27. The zero-order chi connectivity index (χ0) is 28.3. The van der Waals surface area contributed by atoms with Crippen LogP contribution in [-0.2, 0) is 20.9 Å². The minimum absolute atomic E-state index is 0.181. The summed E-state index contributed by atoms with van der Waals surface area (Å²) in [6.07, 6.45) is 2.76. The van der Waals surface area contributed by atoms with E-state index in [1.807, 2.05) is 25.7 Å². The van der Waals surface area contributed by atoms with Gasteiger partial charge in [-0.15, -0.1) is 0 Å². The lowest BCUT2D eigenvalue weighted by Gasteiger charge is -2.52. The lowest BCUT2D eigenvalue weighted by Crippen LogP contribution is -2.70. The maximum atomic E-state index is 13.5. The van der Waals surface area contributed by atoms with E-state index in [-0.39, 0.29) is 29.7 Å². The van der Waals surface area contributed by atoms with Crippen LogP contribution in [0, 0.1) is 5.82 Å². The minimum Gasteiger partial charge on any atom is -0.444 e. The number of nitrogens with one attached hydrogen (secondary N) is 1. The van der Waals surface area contributed by atoms with Crippen LogP contribution in [0.25, 0.3) is 6.08 Å². The van der Waals surface area contributed by atoms with Crippen LogP contribution >= 0.6 is 11.6 Å². The average molecular weight is 557 g/mol. The maximum absolute atomic E-state index is 13.5. The molecule has 39 heavy (non-hydrogen) atoms. The summed E-state index contributed by atoms with van der Waals surface area (Å²) >= 11 is 6.09. The van der Waals surface area contributed by atoms with Gasteiger partial charge < -0.3 is 19.9 Å². The summed E-state index contributed by atoms with van der Waals surface area (Å²) < 4.78 is 19.0. The largest absolute Gasteiger partial charge is 0.444 e.